The largest absolute Gasteiger partial charge is 0.311 e. The van der Waals surface area contributed by atoms with Crippen LogP contribution in [0.1, 0.15) is 31.7 Å². The Balaban J connectivity index is 2.14. The summed E-state index contributed by atoms with van der Waals surface area (Å²) in [6.07, 6.45) is 1.12. The summed E-state index contributed by atoms with van der Waals surface area (Å²) in [5, 5.41) is 3.47. The lowest BCUT2D eigenvalue weighted by atomic mass is 9.91. The molecule has 1 unspecified atom stereocenters. The molecule has 0 aromatic heterocycles. The van der Waals surface area contributed by atoms with Gasteiger partial charge < -0.3 is 5.32 Å². The van der Waals surface area contributed by atoms with E-state index in [1.54, 1.807) is 12.1 Å². The zero-order valence-corrected chi connectivity index (χ0v) is 8.68. The maximum Gasteiger partial charge on any atom is 0.123 e. The monoisotopic (exact) mass is 193 g/mol. The molecule has 2 rings (SSSR count). The molecule has 1 aliphatic heterocycles. The molecule has 1 saturated heterocycles. The van der Waals surface area contributed by atoms with E-state index in [1.165, 1.54) is 5.56 Å². The third-order valence-corrected chi connectivity index (χ3v) is 2.93. The van der Waals surface area contributed by atoms with Gasteiger partial charge in [-0.15, -0.1) is 0 Å². The molecular weight excluding hydrogens is 177 g/mol. The summed E-state index contributed by atoms with van der Waals surface area (Å²) in [6.45, 7) is 5.41. The molecular formula is C12H16FN. The molecule has 0 aliphatic carbocycles. The van der Waals surface area contributed by atoms with Crippen molar-refractivity contribution >= 4 is 0 Å². The highest BCUT2D eigenvalue weighted by molar-refractivity contribution is 5.23. The van der Waals surface area contributed by atoms with Gasteiger partial charge in [-0.25, -0.2) is 4.39 Å². The molecule has 1 heterocycles. The molecule has 0 spiro atoms. The first-order chi connectivity index (χ1) is 6.57. The molecule has 1 fully saturated rings. The number of benzene rings is 1. The van der Waals surface area contributed by atoms with Gasteiger partial charge in [0.25, 0.3) is 0 Å². The van der Waals surface area contributed by atoms with E-state index in [9.17, 15) is 4.39 Å². The number of nitrogens with one attached hydrogen (secondary N) is 1. The summed E-state index contributed by atoms with van der Waals surface area (Å²) in [7, 11) is 0. The molecule has 14 heavy (non-hydrogen) atoms. The van der Waals surface area contributed by atoms with Crippen LogP contribution in [0.25, 0.3) is 0 Å². The second-order valence-corrected chi connectivity index (χ2v) is 4.72. The predicted octanol–water partition coefficient (Wildman–Crippen LogP) is 2.68. The first kappa shape index (κ1) is 9.66. The van der Waals surface area contributed by atoms with Crippen molar-refractivity contribution in [3.05, 3.63) is 35.6 Å². The topological polar surface area (TPSA) is 12.0 Å². The van der Waals surface area contributed by atoms with Crippen LogP contribution in [0, 0.1) is 5.82 Å². The SMILES string of the molecule is CC1(C)CC(c2ccc(F)cc2)CN1. The van der Waals surface area contributed by atoms with Crippen LogP contribution in [-0.2, 0) is 0 Å². The Bertz CT molecular complexity index is 316. The van der Waals surface area contributed by atoms with E-state index >= 15 is 0 Å². The number of hydrogen-bond donors (Lipinski definition) is 1. The lowest BCUT2D eigenvalue weighted by molar-refractivity contribution is 0.456. The normalized spacial score (nSPS) is 25.2. The Kier molecular flexibility index (Phi) is 2.31. The lowest BCUT2D eigenvalue weighted by Crippen LogP contribution is -2.31. The molecule has 0 saturated carbocycles. The van der Waals surface area contributed by atoms with Crippen LogP contribution in [0.2, 0.25) is 0 Å². The van der Waals surface area contributed by atoms with Crippen molar-refractivity contribution in [1.29, 1.82) is 0 Å². The van der Waals surface area contributed by atoms with Crippen molar-refractivity contribution in [3.63, 3.8) is 0 Å². The van der Waals surface area contributed by atoms with E-state index in [4.69, 9.17) is 0 Å². The zero-order chi connectivity index (χ0) is 10.2. The average Bonchev–Trinajstić information content (AvgIpc) is 2.47. The van der Waals surface area contributed by atoms with Crippen LogP contribution >= 0.6 is 0 Å². The number of hydrogen-bond acceptors (Lipinski definition) is 1. The summed E-state index contributed by atoms with van der Waals surface area (Å²) < 4.78 is 12.7. The van der Waals surface area contributed by atoms with E-state index in [1.807, 2.05) is 12.1 Å². The minimum atomic E-state index is -0.154. The van der Waals surface area contributed by atoms with Crippen LogP contribution in [0.4, 0.5) is 4.39 Å². The van der Waals surface area contributed by atoms with Gasteiger partial charge in [-0.3, -0.25) is 0 Å². The number of rotatable bonds is 1. The van der Waals surface area contributed by atoms with E-state index in [-0.39, 0.29) is 11.4 Å². The van der Waals surface area contributed by atoms with Crippen LogP contribution < -0.4 is 5.32 Å². The highest BCUT2D eigenvalue weighted by Crippen LogP contribution is 2.31. The molecule has 1 atom stereocenters. The highest BCUT2D eigenvalue weighted by atomic mass is 19.1. The average molecular weight is 193 g/mol. The quantitative estimate of drug-likeness (QED) is 0.723. The van der Waals surface area contributed by atoms with Crippen molar-refractivity contribution in [1.82, 2.24) is 5.32 Å². The Morgan fingerprint density at radius 3 is 2.43 bits per heavy atom. The third kappa shape index (κ3) is 1.95. The fourth-order valence-corrected chi connectivity index (χ4v) is 2.13. The predicted molar refractivity (Wildman–Crippen MR) is 55.8 cm³/mol. The van der Waals surface area contributed by atoms with E-state index in [0.717, 1.165) is 13.0 Å². The molecule has 1 aromatic rings. The molecule has 1 N–H and O–H groups in total. The molecule has 1 aromatic carbocycles. The van der Waals surface area contributed by atoms with E-state index < -0.39 is 0 Å². The molecule has 1 nitrogen and oxygen atoms in total. The molecule has 0 bridgehead atoms. The highest BCUT2D eigenvalue weighted by Gasteiger charge is 2.30. The summed E-state index contributed by atoms with van der Waals surface area (Å²) in [6, 6.07) is 6.87. The van der Waals surface area contributed by atoms with Gasteiger partial charge in [0.05, 0.1) is 0 Å². The first-order valence-corrected chi connectivity index (χ1v) is 5.07. The molecule has 0 amide bonds. The maximum atomic E-state index is 12.7. The van der Waals surface area contributed by atoms with Crippen molar-refractivity contribution in [2.75, 3.05) is 6.54 Å². The summed E-state index contributed by atoms with van der Waals surface area (Å²) >= 11 is 0. The standard InChI is InChI=1S/C12H16FN/c1-12(2)7-10(8-14-12)9-3-5-11(13)6-4-9/h3-6,10,14H,7-8H2,1-2H3. The van der Waals surface area contributed by atoms with Crippen LogP contribution in [0.15, 0.2) is 24.3 Å². The fraction of sp³-hybridized carbons (Fsp3) is 0.500. The van der Waals surface area contributed by atoms with E-state index in [0.29, 0.717) is 5.92 Å². The van der Waals surface area contributed by atoms with Gasteiger partial charge in [0.2, 0.25) is 0 Å². The third-order valence-electron chi connectivity index (χ3n) is 2.93. The lowest BCUT2D eigenvalue weighted by Gasteiger charge is -2.17. The van der Waals surface area contributed by atoms with Crippen LogP contribution in [-0.4, -0.2) is 12.1 Å². The van der Waals surface area contributed by atoms with Gasteiger partial charge >= 0.3 is 0 Å². The Morgan fingerprint density at radius 2 is 1.93 bits per heavy atom. The summed E-state index contributed by atoms with van der Waals surface area (Å²) in [5.41, 5.74) is 1.46. The van der Waals surface area contributed by atoms with Crippen molar-refractivity contribution < 1.29 is 4.39 Å². The molecule has 1 aliphatic rings. The van der Waals surface area contributed by atoms with Crippen LogP contribution in [0.3, 0.4) is 0 Å². The second-order valence-electron chi connectivity index (χ2n) is 4.72. The summed E-state index contributed by atoms with van der Waals surface area (Å²) in [4.78, 5) is 0. The second kappa shape index (κ2) is 3.35. The summed E-state index contributed by atoms with van der Waals surface area (Å²) in [5.74, 6) is 0.379. The molecule has 2 heteroatoms. The van der Waals surface area contributed by atoms with Gasteiger partial charge in [-0.1, -0.05) is 12.1 Å². The Hall–Kier alpha value is -0.890. The molecule has 0 radical (unpaired) electrons. The van der Waals surface area contributed by atoms with Crippen molar-refractivity contribution in [2.45, 2.75) is 31.7 Å². The van der Waals surface area contributed by atoms with Gasteiger partial charge in [-0.2, -0.15) is 0 Å². The van der Waals surface area contributed by atoms with Crippen molar-refractivity contribution in [3.8, 4) is 0 Å². The van der Waals surface area contributed by atoms with E-state index in [2.05, 4.69) is 19.2 Å². The fourth-order valence-electron chi connectivity index (χ4n) is 2.13. The Labute approximate surface area is 84.3 Å². The molecule has 76 valence electrons. The number of halogens is 1. The maximum absolute atomic E-state index is 12.7. The Morgan fingerprint density at radius 1 is 1.29 bits per heavy atom. The smallest absolute Gasteiger partial charge is 0.123 e. The van der Waals surface area contributed by atoms with Gasteiger partial charge in [0, 0.05) is 12.1 Å². The van der Waals surface area contributed by atoms with Crippen molar-refractivity contribution in [2.24, 2.45) is 0 Å². The van der Waals surface area contributed by atoms with Gasteiger partial charge in [0.15, 0.2) is 0 Å². The minimum absolute atomic E-state index is 0.154. The minimum Gasteiger partial charge on any atom is -0.311 e. The van der Waals surface area contributed by atoms with Crippen LogP contribution in [0.5, 0.6) is 0 Å². The van der Waals surface area contributed by atoms with Gasteiger partial charge in [-0.05, 0) is 43.9 Å². The first-order valence-electron chi connectivity index (χ1n) is 5.07. The zero-order valence-electron chi connectivity index (χ0n) is 8.68. The van der Waals surface area contributed by atoms with Gasteiger partial charge in [0.1, 0.15) is 5.82 Å².